The number of carbonyl (C=O) groups is 1. The predicted octanol–water partition coefficient (Wildman–Crippen LogP) is 4.46. The molecule has 0 saturated carbocycles. The van der Waals surface area contributed by atoms with Crippen LogP contribution >= 0.6 is 11.6 Å². The molecule has 1 unspecified atom stereocenters. The Morgan fingerprint density at radius 3 is 2.55 bits per heavy atom. The lowest BCUT2D eigenvalue weighted by molar-refractivity contribution is 0.0940. The number of rotatable bonds is 4. The molecular weight excluding hydrogens is 298 g/mol. The average molecular weight is 318 g/mol. The molecule has 1 amide bonds. The minimum Gasteiger partial charge on any atom is -0.495 e. The summed E-state index contributed by atoms with van der Waals surface area (Å²) in [4.78, 5) is 12.4. The van der Waals surface area contributed by atoms with Crippen LogP contribution in [-0.4, -0.2) is 13.0 Å². The van der Waals surface area contributed by atoms with Crippen LogP contribution in [0.1, 0.15) is 40.0 Å². The number of nitrogens with one attached hydrogen (secondary N) is 1. The maximum atomic E-state index is 12.4. The highest BCUT2D eigenvalue weighted by atomic mass is 35.5. The van der Waals surface area contributed by atoms with Gasteiger partial charge in [-0.2, -0.15) is 0 Å². The number of hydrogen-bond donors (Lipinski definition) is 1. The topological polar surface area (TPSA) is 38.3 Å². The molecule has 4 heteroatoms. The van der Waals surface area contributed by atoms with Crippen molar-refractivity contribution in [3.63, 3.8) is 0 Å². The molecule has 0 fully saturated rings. The summed E-state index contributed by atoms with van der Waals surface area (Å²) in [6.07, 6.45) is 0. The standard InChI is InChI=1S/C18H20ClNO2/c1-11-5-6-12(2)15(9-11)13(3)20-18(21)14-7-8-17(22-4)16(19)10-14/h5-10,13H,1-4H3,(H,20,21). The Morgan fingerprint density at radius 2 is 1.91 bits per heavy atom. The van der Waals surface area contributed by atoms with E-state index in [0.717, 1.165) is 11.1 Å². The van der Waals surface area contributed by atoms with Gasteiger partial charge in [-0.1, -0.05) is 35.4 Å². The van der Waals surface area contributed by atoms with Gasteiger partial charge in [0, 0.05) is 5.56 Å². The summed E-state index contributed by atoms with van der Waals surface area (Å²) in [5, 5.41) is 3.43. The summed E-state index contributed by atoms with van der Waals surface area (Å²) in [5.41, 5.74) is 3.97. The highest BCUT2D eigenvalue weighted by Gasteiger charge is 2.14. The van der Waals surface area contributed by atoms with Crippen molar-refractivity contribution in [1.29, 1.82) is 0 Å². The van der Waals surface area contributed by atoms with Crippen LogP contribution in [0.3, 0.4) is 0 Å². The van der Waals surface area contributed by atoms with E-state index < -0.39 is 0 Å². The molecule has 0 aliphatic carbocycles. The number of carbonyl (C=O) groups excluding carboxylic acids is 1. The highest BCUT2D eigenvalue weighted by molar-refractivity contribution is 6.32. The number of methoxy groups -OCH3 is 1. The lowest BCUT2D eigenvalue weighted by Crippen LogP contribution is -2.27. The lowest BCUT2D eigenvalue weighted by atomic mass is 9.99. The molecule has 0 radical (unpaired) electrons. The van der Waals surface area contributed by atoms with Crippen LogP contribution < -0.4 is 10.1 Å². The lowest BCUT2D eigenvalue weighted by Gasteiger charge is -2.17. The van der Waals surface area contributed by atoms with Crippen LogP contribution in [-0.2, 0) is 0 Å². The molecular formula is C18H20ClNO2. The molecule has 2 aromatic carbocycles. The third-order valence-corrected chi connectivity index (χ3v) is 3.96. The fourth-order valence-electron chi connectivity index (χ4n) is 2.39. The molecule has 0 saturated heterocycles. The second-order valence-electron chi connectivity index (χ2n) is 5.40. The fraction of sp³-hybridized carbons (Fsp3) is 0.278. The maximum absolute atomic E-state index is 12.4. The molecule has 2 aromatic rings. The van der Waals surface area contributed by atoms with E-state index in [9.17, 15) is 4.79 Å². The van der Waals surface area contributed by atoms with Gasteiger partial charge < -0.3 is 10.1 Å². The SMILES string of the molecule is COc1ccc(C(=O)NC(C)c2cc(C)ccc2C)cc1Cl. The Morgan fingerprint density at radius 1 is 1.18 bits per heavy atom. The Kier molecular flexibility index (Phi) is 5.09. The summed E-state index contributed by atoms with van der Waals surface area (Å²) >= 11 is 6.07. The zero-order valence-electron chi connectivity index (χ0n) is 13.2. The van der Waals surface area contributed by atoms with Gasteiger partial charge in [0.05, 0.1) is 18.2 Å². The van der Waals surface area contributed by atoms with Gasteiger partial charge >= 0.3 is 0 Å². The van der Waals surface area contributed by atoms with Gasteiger partial charge in [-0.25, -0.2) is 0 Å². The molecule has 2 rings (SSSR count). The third-order valence-electron chi connectivity index (χ3n) is 3.66. The van der Waals surface area contributed by atoms with E-state index in [1.807, 2.05) is 20.8 Å². The largest absolute Gasteiger partial charge is 0.495 e. The van der Waals surface area contributed by atoms with E-state index in [4.69, 9.17) is 16.3 Å². The molecule has 0 aliphatic rings. The molecule has 0 aliphatic heterocycles. The van der Waals surface area contributed by atoms with E-state index in [2.05, 4.69) is 23.5 Å². The summed E-state index contributed by atoms with van der Waals surface area (Å²) < 4.78 is 5.10. The van der Waals surface area contributed by atoms with Gasteiger partial charge in [0.25, 0.3) is 5.91 Å². The monoisotopic (exact) mass is 317 g/mol. The van der Waals surface area contributed by atoms with Crippen LogP contribution in [0, 0.1) is 13.8 Å². The van der Waals surface area contributed by atoms with Crippen molar-refractivity contribution in [2.75, 3.05) is 7.11 Å². The van der Waals surface area contributed by atoms with Gasteiger partial charge in [0.15, 0.2) is 0 Å². The van der Waals surface area contributed by atoms with Crippen LogP contribution in [0.4, 0.5) is 0 Å². The van der Waals surface area contributed by atoms with Gasteiger partial charge in [-0.3, -0.25) is 4.79 Å². The minimum absolute atomic E-state index is 0.0757. The van der Waals surface area contributed by atoms with E-state index in [0.29, 0.717) is 16.3 Å². The summed E-state index contributed by atoms with van der Waals surface area (Å²) in [7, 11) is 1.55. The Hall–Kier alpha value is -2.00. The molecule has 22 heavy (non-hydrogen) atoms. The van der Waals surface area contributed by atoms with Crippen LogP contribution in [0.5, 0.6) is 5.75 Å². The van der Waals surface area contributed by atoms with Crippen molar-refractivity contribution >= 4 is 17.5 Å². The minimum atomic E-state index is -0.155. The van der Waals surface area contributed by atoms with Crippen LogP contribution in [0.2, 0.25) is 5.02 Å². The molecule has 116 valence electrons. The van der Waals surface area contributed by atoms with Crippen LogP contribution in [0.15, 0.2) is 36.4 Å². The molecule has 0 aromatic heterocycles. The Bertz CT molecular complexity index is 697. The molecule has 1 N–H and O–H groups in total. The van der Waals surface area contributed by atoms with Crippen molar-refractivity contribution < 1.29 is 9.53 Å². The number of ether oxygens (including phenoxy) is 1. The number of halogens is 1. The smallest absolute Gasteiger partial charge is 0.251 e. The fourth-order valence-corrected chi connectivity index (χ4v) is 2.65. The normalized spacial score (nSPS) is 11.9. The van der Waals surface area contributed by atoms with Crippen molar-refractivity contribution in [2.24, 2.45) is 0 Å². The third kappa shape index (κ3) is 3.60. The Balaban J connectivity index is 2.17. The zero-order chi connectivity index (χ0) is 16.3. The molecule has 1 atom stereocenters. The van der Waals surface area contributed by atoms with Gasteiger partial charge in [0.1, 0.15) is 5.75 Å². The van der Waals surface area contributed by atoms with Gasteiger partial charge in [0.2, 0.25) is 0 Å². The number of aryl methyl sites for hydroxylation is 2. The van der Waals surface area contributed by atoms with Crippen molar-refractivity contribution in [3.8, 4) is 5.75 Å². The molecule has 0 bridgehead atoms. The molecule has 0 spiro atoms. The van der Waals surface area contributed by atoms with Crippen LogP contribution in [0.25, 0.3) is 0 Å². The number of hydrogen-bond acceptors (Lipinski definition) is 2. The average Bonchev–Trinajstić information content (AvgIpc) is 2.49. The van der Waals surface area contributed by atoms with E-state index in [-0.39, 0.29) is 11.9 Å². The first kappa shape index (κ1) is 16.4. The summed E-state index contributed by atoms with van der Waals surface area (Å²) in [6.45, 7) is 6.06. The summed E-state index contributed by atoms with van der Waals surface area (Å²) in [6, 6.07) is 11.2. The van der Waals surface area contributed by atoms with Crippen molar-refractivity contribution in [2.45, 2.75) is 26.8 Å². The quantitative estimate of drug-likeness (QED) is 0.904. The highest BCUT2D eigenvalue weighted by Crippen LogP contribution is 2.25. The van der Waals surface area contributed by atoms with Gasteiger partial charge in [-0.15, -0.1) is 0 Å². The predicted molar refractivity (Wildman–Crippen MR) is 89.8 cm³/mol. The maximum Gasteiger partial charge on any atom is 0.251 e. The van der Waals surface area contributed by atoms with Crippen molar-refractivity contribution in [1.82, 2.24) is 5.32 Å². The second-order valence-corrected chi connectivity index (χ2v) is 5.81. The van der Waals surface area contributed by atoms with E-state index in [1.54, 1.807) is 25.3 Å². The van der Waals surface area contributed by atoms with Crippen molar-refractivity contribution in [3.05, 3.63) is 63.7 Å². The second kappa shape index (κ2) is 6.84. The van der Waals surface area contributed by atoms with E-state index >= 15 is 0 Å². The number of benzene rings is 2. The first-order valence-electron chi connectivity index (χ1n) is 7.14. The molecule has 0 heterocycles. The summed E-state index contributed by atoms with van der Waals surface area (Å²) in [5.74, 6) is 0.402. The number of amides is 1. The Labute approximate surface area is 136 Å². The first-order chi connectivity index (χ1) is 10.4. The first-order valence-corrected chi connectivity index (χ1v) is 7.51. The van der Waals surface area contributed by atoms with Gasteiger partial charge in [-0.05, 0) is 50.1 Å². The zero-order valence-corrected chi connectivity index (χ0v) is 14.0. The molecule has 3 nitrogen and oxygen atoms in total. The van der Waals surface area contributed by atoms with E-state index in [1.165, 1.54) is 5.56 Å².